The molecular formula is C13H6Cl2F2O2. The van der Waals surface area contributed by atoms with Gasteiger partial charge in [0.25, 0.3) is 0 Å². The molecule has 2 aromatic carbocycles. The molecule has 2 nitrogen and oxygen atoms in total. The van der Waals surface area contributed by atoms with Crippen LogP contribution in [0.25, 0.3) is 0 Å². The molecule has 0 saturated carbocycles. The van der Waals surface area contributed by atoms with Gasteiger partial charge in [0.2, 0.25) is 0 Å². The van der Waals surface area contributed by atoms with E-state index in [2.05, 4.69) is 0 Å². The zero-order valence-corrected chi connectivity index (χ0v) is 10.8. The highest BCUT2D eigenvalue weighted by atomic mass is 35.5. The summed E-state index contributed by atoms with van der Waals surface area (Å²) in [4.78, 5) is 11.7. The van der Waals surface area contributed by atoms with Crippen molar-refractivity contribution in [2.45, 2.75) is 0 Å². The van der Waals surface area contributed by atoms with E-state index in [9.17, 15) is 13.6 Å². The average molecular weight is 303 g/mol. The van der Waals surface area contributed by atoms with Crippen molar-refractivity contribution in [3.8, 4) is 5.75 Å². The fourth-order valence-corrected chi connectivity index (χ4v) is 1.65. The summed E-state index contributed by atoms with van der Waals surface area (Å²) < 4.78 is 31.0. The van der Waals surface area contributed by atoms with Crippen LogP contribution in [0.1, 0.15) is 10.4 Å². The molecule has 0 N–H and O–H groups in total. The van der Waals surface area contributed by atoms with Gasteiger partial charge in [-0.25, -0.2) is 13.6 Å². The highest BCUT2D eigenvalue weighted by molar-refractivity contribution is 6.42. The van der Waals surface area contributed by atoms with Crippen LogP contribution in [0.2, 0.25) is 10.0 Å². The van der Waals surface area contributed by atoms with Crippen molar-refractivity contribution >= 4 is 29.2 Å². The van der Waals surface area contributed by atoms with Crippen LogP contribution < -0.4 is 4.74 Å². The van der Waals surface area contributed by atoms with E-state index >= 15 is 0 Å². The van der Waals surface area contributed by atoms with Gasteiger partial charge in [-0.05, 0) is 24.3 Å². The van der Waals surface area contributed by atoms with Crippen LogP contribution in [-0.2, 0) is 0 Å². The molecule has 0 saturated heterocycles. The summed E-state index contributed by atoms with van der Waals surface area (Å²) in [7, 11) is 0. The van der Waals surface area contributed by atoms with E-state index < -0.39 is 17.6 Å². The van der Waals surface area contributed by atoms with E-state index in [4.69, 9.17) is 27.9 Å². The highest BCUT2D eigenvalue weighted by Gasteiger charge is 2.15. The zero-order valence-electron chi connectivity index (χ0n) is 9.29. The van der Waals surface area contributed by atoms with Gasteiger partial charge in [0.1, 0.15) is 17.4 Å². The van der Waals surface area contributed by atoms with Gasteiger partial charge in [-0.2, -0.15) is 0 Å². The van der Waals surface area contributed by atoms with Crippen LogP contribution in [0.15, 0.2) is 36.4 Å². The Hall–Kier alpha value is -1.65. The molecule has 0 radical (unpaired) electrons. The molecule has 0 aromatic heterocycles. The number of carbonyl (C=O) groups excluding carboxylic acids is 1. The Bertz CT molecular complexity index is 645. The Morgan fingerprint density at radius 3 is 2.37 bits per heavy atom. The maximum atomic E-state index is 13.4. The number of hydrogen-bond acceptors (Lipinski definition) is 2. The summed E-state index contributed by atoms with van der Waals surface area (Å²) in [6.07, 6.45) is 0. The van der Waals surface area contributed by atoms with Crippen molar-refractivity contribution in [2.75, 3.05) is 0 Å². The Balaban J connectivity index is 2.23. The fraction of sp³-hybridized carbons (Fsp3) is 0. The molecule has 0 bridgehead atoms. The second kappa shape index (κ2) is 5.55. The van der Waals surface area contributed by atoms with E-state index in [1.165, 1.54) is 18.2 Å². The van der Waals surface area contributed by atoms with E-state index in [1.54, 1.807) is 0 Å². The SMILES string of the molecule is O=C(Oc1ccc(Cl)c(Cl)c1)c1ccc(F)cc1F. The third-order valence-corrected chi connectivity index (χ3v) is 2.99. The van der Waals surface area contributed by atoms with Crippen molar-refractivity contribution in [3.63, 3.8) is 0 Å². The minimum absolute atomic E-state index is 0.114. The first kappa shape index (κ1) is 13.8. The molecule has 0 aliphatic heterocycles. The van der Waals surface area contributed by atoms with Crippen molar-refractivity contribution in [1.82, 2.24) is 0 Å². The lowest BCUT2D eigenvalue weighted by Gasteiger charge is -2.06. The van der Waals surface area contributed by atoms with Gasteiger partial charge in [-0.1, -0.05) is 23.2 Å². The molecule has 19 heavy (non-hydrogen) atoms. The molecule has 6 heteroatoms. The van der Waals surface area contributed by atoms with E-state index in [-0.39, 0.29) is 16.3 Å². The molecule has 2 rings (SSSR count). The van der Waals surface area contributed by atoms with Gasteiger partial charge in [-0.15, -0.1) is 0 Å². The topological polar surface area (TPSA) is 26.3 Å². The summed E-state index contributed by atoms with van der Waals surface area (Å²) in [5, 5.41) is 0.501. The van der Waals surface area contributed by atoms with E-state index in [1.807, 2.05) is 0 Å². The van der Waals surface area contributed by atoms with Crippen LogP contribution in [0.4, 0.5) is 8.78 Å². The number of esters is 1. The predicted octanol–water partition coefficient (Wildman–Crippen LogP) is 4.49. The van der Waals surface area contributed by atoms with Crippen molar-refractivity contribution in [2.24, 2.45) is 0 Å². The largest absolute Gasteiger partial charge is 0.423 e. The molecule has 0 fully saturated rings. The standard InChI is InChI=1S/C13H6Cl2F2O2/c14-10-4-2-8(6-11(10)15)19-13(18)9-3-1-7(16)5-12(9)17/h1-6H. The Kier molecular flexibility index (Phi) is 4.02. The molecule has 0 heterocycles. The van der Waals surface area contributed by atoms with Crippen LogP contribution >= 0.6 is 23.2 Å². The lowest BCUT2D eigenvalue weighted by atomic mass is 10.2. The van der Waals surface area contributed by atoms with Crippen molar-refractivity contribution in [1.29, 1.82) is 0 Å². The van der Waals surface area contributed by atoms with Crippen LogP contribution in [-0.4, -0.2) is 5.97 Å². The number of halogens is 4. The summed E-state index contributed by atoms with van der Waals surface area (Å²) in [5.41, 5.74) is -0.368. The molecule has 0 atom stereocenters. The van der Waals surface area contributed by atoms with E-state index in [0.717, 1.165) is 12.1 Å². The first-order valence-corrected chi connectivity index (χ1v) is 5.85. The Morgan fingerprint density at radius 2 is 1.74 bits per heavy atom. The number of ether oxygens (including phenoxy) is 1. The van der Waals surface area contributed by atoms with Gasteiger partial charge in [0.05, 0.1) is 15.6 Å². The first-order valence-electron chi connectivity index (χ1n) is 5.09. The minimum Gasteiger partial charge on any atom is -0.423 e. The van der Waals surface area contributed by atoms with Gasteiger partial charge in [0, 0.05) is 12.1 Å². The number of hydrogen-bond donors (Lipinski definition) is 0. The first-order chi connectivity index (χ1) is 8.97. The fourth-order valence-electron chi connectivity index (χ4n) is 1.36. The smallest absolute Gasteiger partial charge is 0.346 e. The van der Waals surface area contributed by atoms with Crippen molar-refractivity contribution in [3.05, 3.63) is 63.6 Å². The number of carbonyl (C=O) groups is 1. The molecular weight excluding hydrogens is 297 g/mol. The molecule has 0 amide bonds. The molecule has 0 aliphatic rings. The maximum Gasteiger partial charge on any atom is 0.346 e. The summed E-state index contributed by atoms with van der Waals surface area (Å²) in [6, 6.07) is 6.74. The van der Waals surface area contributed by atoms with Gasteiger partial charge < -0.3 is 4.74 Å². The molecule has 0 aliphatic carbocycles. The van der Waals surface area contributed by atoms with Crippen LogP contribution in [0, 0.1) is 11.6 Å². The monoisotopic (exact) mass is 302 g/mol. The second-order valence-electron chi connectivity index (χ2n) is 3.59. The quantitative estimate of drug-likeness (QED) is 0.603. The summed E-state index contributed by atoms with van der Waals surface area (Å²) >= 11 is 11.5. The predicted molar refractivity (Wildman–Crippen MR) is 67.8 cm³/mol. The molecule has 2 aromatic rings. The highest BCUT2D eigenvalue weighted by Crippen LogP contribution is 2.27. The van der Waals surface area contributed by atoms with Crippen LogP contribution in [0.5, 0.6) is 5.75 Å². The zero-order chi connectivity index (χ0) is 14.0. The van der Waals surface area contributed by atoms with Gasteiger partial charge >= 0.3 is 5.97 Å². The second-order valence-corrected chi connectivity index (χ2v) is 4.40. The lowest BCUT2D eigenvalue weighted by molar-refractivity contribution is 0.0730. The van der Waals surface area contributed by atoms with Crippen molar-refractivity contribution < 1.29 is 18.3 Å². The molecule has 0 unspecified atom stereocenters. The molecule has 0 spiro atoms. The van der Waals surface area contributed by atoms with Gasteiger partial charge in [-0.3, -0.25) is 0 Å². The summed E-state index contributed by atoms with van der Waals surface area (Å²) in [6.45, 7) is 0. The lowest BCUT2D eigenvalue weighted by Crippen LogP contribution is -2.10. The molecule has 98 valence electrons. The third-order valence-electron chi connectivity index (χ3n) is 2.25. The van der Waals surface area contributed by atoms with Crippen LogP contribution in [0.3, 0.4) is 0 Å². The van der Waals surface area contributed by atoms with E-state index in [0.29, 0.717) is 11.1 Å². The average Bonchev–Trinajstić information content (AvgIpc) is 2.33. The third kappa shape index (κ3) is 3.22. The number of rotatable bonds is 2. The van der Waals surface area contributed by atoms with Gasteiger partial charge in [0.15, 0.2) is 0 Å². The summed E-state index contributed by atoms with van der Waals surface area (Å²) in [5.74, 6) is -2.60. The number of benzene rings is 2. The minimum atomic E-state index is -0.995. The maximum absolute atomic E-state index is 13.4. The Labute approximate surface area is 117 Å². The normalized spacial score (nSPS) is 10.3. The Morgan fingerprint density at radius 1 is 1.00 bits per heavy atom.